The van der Waals surface area contributed by atoms with Crippen LogP contribution in [-0.4, -0.2) is 42.7 Å². The third kappa shape index (κ3) is 3.22. The Morgan fingerprint density at radius 2 is 2.29 bits per heavy atom. The summed E-state index contributed by atoms with van der Waals surface area (Å²) in [6, 6.07) is -0.0790. The molecule has 6 nitrogen and oxygen atoms in total. The Kier molecular flexibility index (Phi) is 4.27. The van der Waals surface area contributed by atoms with Crippen molar-refractivity contribution in [3.63, 3.8) is 0 Å². The highest BCUT2D eigenvalue weighted by Gasteiger charge is 2.28. The maximum atomic E-state index is 10.2. The molecule has 3 atom stereocenters. The zero-order valence-corrected chi connectivity index (χ0v) is 7.89. The van der Waals surface area contributed by atoms with Crippen LogP contribution in [0.25, 0.3) is 0 Å². The lowest BCUT2D eigenvalue weighted by Gasteiger charge is -2.33. The van der Waals surface area contributed by atoms with E-state index in [1.165, 1.54) is 0 Å². The van der Waals surface area contributed by atoms with Crippen molar-refractivity contribution in [3.05, 3.63) is 0 Å². The van der Waals surface area contributed by atoms with Crippen LogP contribution in [0.15, 0.2) is 0 Å². The van der Waals surface area contributed by atoms with E-state index in [0.717, 1.165) is 6.42 Å². The van der Waals surface area contributed by atoms with Crippen LogP contribution in [0.2, 0.25) is 0 Å². The Labute approximate surface area is 82.2 Å². The molecule has 1 rings (SSSR count). The first-order valence-corrected chi connectivity index (χ1v) is 4.58. The summed E-state index contributed by atoms with van der Waals surface area (Å²) in [6.45, 7) is -0.0225. The second kappa shape index (κ2) is 5.26. The molecule has 0 aromatic heterocycles. The molecule has 0 radical (unpaired) electrons. The van der Waals surface area contributed by atoms with E-state index in [4.69, 9.17) is 26.0 Å². The number of hydrogen-bond acceptors (Lipinski definition) is 5. The van der Waals surface area contributed by atoms with Crippen LogP contribution >= 0.6 is 0 Å². The molecule has 3 unspecified atom stereocenters. The van der Waals surface area contributed by atoms with Crippen LogP contribution in [0.5, 0.6) is 0 Å². The Morgan fingerprint density at radius 1 is 1.57 bits per heavy atom. The topological polar surface area (TPSA) is 108 Å². The summed E-state index contributed by atoms with van der Waals surface area (Å²) >= 11 is 0. The maximum absolute atomic E-state index is 10.2. The van der Waals surface area contributed by atoms with E-state index in [9.17, 15) is 4.79 Å². The van der Waals surface area contributed by atoms with E-state index >= 15 is 0 Å². The molecule has 0 amide bonds. The molecule has 0 aliphatic carbocycles. The third-order valence-corrected chi connectivity index (χ3v) is 2.16. The molecule has 1 fully saturated rings. The summed E-state index contributed by atoms with van der Waals surface area (Å²) in [5.74, 6) is -1.01. The first-order valence-electron chi connectivity index (χ1n) is 4.58. The summed E-state index contributed by atoms with van der Waals surface area (Å²) in [7, 11) is 0. The normalized spacial score (nSPS) is 32.9. The highest BCUT2D eigenvalue weighted by atomic mass is 16.7. The molecule has 0 spiro atoms. The Morgan fingerprint density at radius 3 is 2.86 bits per heavy atom. The van der Waals surface area contributed by atoms with Crippen molar-refractivity contribution in [1.82, 2.24) is 0 Å². The van der Waals surface area contributed by atoms with Crippen LogP contribution < -0.4 is 11.5 Å². The zero-order valence-electron chi connectivity index (χ0n) is 7.89. The van der Waals surface area contributed by atoms with Crippen LogP contribution in [0, 0.1) is 0 Å². The van der Waals surface area contributed by atoms with Gasteiger partial charge in [0.25, 0.3) is 0 Å². The van der Waals surface area contributed by atoms with Crippen molar-refractivity contribution in [2.75, 3.05) is 13.2 Å². The molecule has 0 aromatic carbocycles. The van der Waals surface area contributed by atoms with Gasteiger partial charge in [-0.15, -0.1) is 0 Å². The predicted molar refractivity (Wildman–Crippen MR) is 48.5 cm³/mol. The van der Waals surface area contributed by atoms with Crippen molar-refractivity contribution in [3.8, 4) is 0 Å². The molecule has 1 saturated heterocycles. The average molecular weight is 204 g/mol. The van der Waals surface area contributed by atoms with Gasteiger partial charge in [0.15, 0.2) is 6.29 Å². The molecule has 82 valence electrons. The SMILES string of the molecule is NCC1OC(OCC(=O)O)CCC1N. The number of rotatable bonds is 4. The van der Waals surface area contributed by atoms with Crippen molar-refractivity contribution in [1.29, 1.82) is 0 Å². The van der Waals surface area contributed by atoms with Gasteiger partial charge >= 0.3 is 5.97 Å². The van der Waals surface area contributed by atoms with E-state index in [-0.39, 0.29) is 18.8 Å². The van der Waals surface area contributed by atoms with Crippen LogP contribution in [0.4, 0.5) is 0 Å². The van der Waals surface area contributed by atoms with Crippen molar-refractivity contribution in [2.24, 2.45) is 11.5 Å². The van der Waals surface area contributed by atoms with Gasteiger partial charge in [0, 0.05) is 12.6 Å². The minimum absolute atomic E-state index is 0.0790. The number of carbonyl (C=O) groups is 1. The van der Waals surface area contributed by atoms with Crippen LogP contribution in [-0.2, 0) is 14.3 Å². The molecule has 14 heavy (non-hydrogen) atoms. The predicted octanol–water partition coefficient (Wildman–Crippen LogP) is -1.12. The summed E-state index contributed by atoms with van der Waals surface area (Å²) in [4.78, 5) is 10.2. The number of carboxylic acids is 1. The molecular weight excluding hydrogens is 188 g/mol. The number of hydrogen-bond donors (Lipinski definition) is 3. The Bertz CT molecular complexity index is 200. The average Bonchev–Trinajstić information content (AvgIpc) is 2.16. The van der Waals surface area contributed by atoms with Gasteiger partial charge in [0.05, 0.1) is 6.10 Å². The van der Waals surface area contributed by atoms with E-state index in [1.54, 1.807) is 0 Å². The lowest BCUT2D eigenvalue weighted by atomic mass is 10.0. The Balaban J connectivity index is 2.31. The molecule has 1 aliphatic heterocycles. The largest absolute Gasteiger partial charge is 0.480 e. The fourth-order valence-electron chi connectivity index (χ4n) is 1.40. The van der Waals surface area contributed by atoms with Crippen molar-refractivity contribution >= 4 is 5.97 Å². The summed E-state index contributed by atoms with van der Waals surface area (Å²) < 4.78 is 10.4. The van der Waals surface area contributed by atoms with Crippen molar-refractivity contribution in [2.45, 2.75) is 31.3 Å². The first-order chi connectivity index (χ1) is 6.63. The van der Waals surface area contributed by atoms with Gasteiger partial charge in [-0.1, -0.05) is 0 Å². The minimum Gasteiger partial charge on any atom is -0.480 e. The summed E-state index contributed by atoms with van der Waals surface area (Å²) in [5.41, 5.74) is 11.2. The lowest BCUT2D eigenvalue weighted by molar-refractivity contribution is -0.201. The molecule has 5 N–H and O–H groups in total. The highest BCUT2D eigenvalue weighted by molar-refractivity contribution is 5.67. The van der Waals surface area contributed by atoms with Gasteiger partial charge in [-0.05, 0) is 12.8 Å². The standard InChI is InChI=1S/C8H16N2O4/c9-3-6-5(10)1-2-8(14-6)13-4-7(11)12/h5-6,8H,1-4,9-10H2,(H,11,12). The van der Waals surface area contributed by atoms with Gasteiger partial charge in [-0.2, -0.15) is 0 Å². The number of nitrogens with two attached hydrogens (primary N) is 2. The van der Waals surface area contributed by atoms with Gasteiger partial charge < -0.3 is 26.0 Å². The third-order valence-electron chi connectivity index (χ3n) is 2.16. The van der Waals surface area contributed by atoms with Crippen LogP contribution in [0.1, 0.15) is 12.8 Å². The molecule has 0 saturated carbocycles. The summed E-state index contributed by atoms with van der Waals surface area (Å²) in [5, 5.41) is 8.39. The van der Waals surface area contributed by atoms with Gasteiger partial charge in [-0.25, -0.2) is 4.79 Å². The quantitative estimate of drug-likeness (QED) is 0.535. The number of aliphatic carboxylic acids is 1. The molecule has 1 aliphatic rings. The monoisotopic (exact) mass is 204 g/mol. The molecule has 6 heteroatoms. The smallest absolute Gasteiger partial charge is 0.329 e. The first kappa shape index (κ1) is 11.4. The number of carboxylic acid groups (broad SMARTS) is 1. The highest BCUT2D eigenvalue weighted by Crippen LogP contribution is 2.18. The molecular formula is C8H16N2O4. The minimum atomic E-state index is -1.01. The van der Waals surface area contributed by atoms with E-state index in [0.29, 0.717) is 13.0 Å². The molecule has 1 heterocycles. The number of ether oxygens (including phenoxy) is 2. The second-order valence-corrected chi connectivity index (χ2v) is 3.29. The van der Waals surface area contributed by atoms with E-state index in [2.05, 4.69) is 0 Å². The Hall–Kier alpha value is -0.690. The molecule has 0 aromatic rings. The molecule has 0 bridgehead atoms. The van der Waals surface area contributed by atoms with Crippen LogP contribution in [0.3, 0.4) is 0 Å². The fourth-order valence-corrected chi connectivity index (χ4v) is 1.40. The zero-order chi connectivity index (χ0) is 10.6. The van der Waals surface area contributed by atoms with E-state index < -0.39 is 12.3 Å². The second-order valence-electron chi connectivity index (χ2n) is 3.29. The lowest BCUT2D eigenvalue weighted by Crippen LogP contribution is -2.48. The van der Waals surface area contributed by atoms with Gasteiger partial charge in [0.2, 0.25) is 0 Å². The summed E-state index contributed by atoms with van der Waals surface area (Å²) in [6.07, 6.45) is 0.638. The van der Waals surface area contributed by atoms with Crippen molar-refractivity contribution < 1.29 is 19.4 Å². The van der Waals surface area contributed by atoms with Gasteiger partial charge in [-0.3, -0.25) is 0 Å². The van der Waals surface area contributed by atoms with E-state index in [1.807, 2.05) is 0 Å². The maximum Gasteiger partial charge on any atom is 0.329 e. The van der Waals surface area contributed by atoms with Gasteiger partial charge in [0.1, 0.15) is 6.61 Å². The fraction of sp³-hybridized carbons (Fsp3) is 0.875.